The third kappa shape index (κ3) is 8.86. The summed E-state index contributed by atoms with van der Waals surface area (Å²) in [5.41, 5.74) is 0.753. The fourth-order valence-corrected chi connectivity index (χ4v) is 2.15. The van der Waals surface area contributed by atoms with Gasteiger partial charge in [-0.2, -0.15) is 0 Å². The summed E-state index contributed by atoms with van der Waals surface area (Å²) in [6.07, 6.45) is 1.38. The molecule has 2 amide bonds. The van der Waals surface area contributed by atoms with E-state index in [2.05, 4.69) is 17.4 Å². The van der Waals surface area contributed by atoms with E-state index < -0.39 is 11.7 Å². The number of nitrogens with one attached hydrogen (secondary N) is 1. The Bertz CT molecular complexity index is 495. The number of carbonyl (C=O) groups excluding carboxylic acids is 2. The second-order valence-corrected chi connectivity index (χ2v) is 6.52. The average molecular weight is 320 g/mol. The van der Waals surface area contributed by atoms with Crippen LogP contribution in [-0.2, 0) is 16.0 Å². The molecule has 0 atom stereocenters. The van der Waals surface area contributed by atoms with Crippen LogP contribution in [0.25, 0.3) is 0 Å². The molecule has 0 saturated heterocycles. The smallest absolute Gasteiger partial charge is 0.407 e. The zero-order chi connectivity index (χ0) is 17.3. The summed E-state index contributed by atoms with van der Waals surface area (Å²) in [5, 5.41) is 2.68. The van der Waals surface area contributed by atoms with Crippen LogP contribution in [0.3, 0.4) is 0 Å². The Morgan fingerprint density at radius 3 is 2.35 bits per heavy atom. The molecule has 1 rings (SSSR count). The van der Waals surface area contributed by atoms with E-state index in [4.69, 9.17) is 4.74 Å². The molecular weight excluding hydrogens is 292 g/mol. The molecule has 1 aromatic rings. The first-order valence-electron chi connectivity index (χ1n) is 8.04. The van der Waals surface area contributed by atoms with Gasteiger partial charge >= 0.3 is 6.09 Å². The lowest BCUT2D eigenvalue weighted by molar-refractivity contribution is -0.128. The Morgan fingerprint density at radius 2 is 1.78 bits per heavy atom. The van der Waals surface area contributed by atoms with Crippen molar-refractivity contribution in [1.82, 2.24) is 10.2 Å². The topological polar surface area (TPSA) is 58.6 Å². The molecule has 0 bridgehead atoms. The van der Waals surface area contributed by atoms with E-state index in [0.29, 0.717) is 19.6 Å². The highest BCUT2D eigenvalue weighted by Gasteiger charge is 2.16. The molecule has 23 heavy (non-hydrogen) atoms. The van der Waals surface area contributed by atoms with Crippen molar-refractivity contribution in [3.63, 3.8) is 0 Å². The lowest BCUT2D eigenvalue weighted by atomic mass is 10.1. The highest BCUT2D eigenvalue weighted by molar-refractivity contribution is 5.73. The highest BCUT2D eigenvalue weighted by Crippen LogP contribution is 2.06. The molecule has 1 aromatic carbocycles. The SMILES string of the molecule is CC(=O)N(CCCc1ccccc1)CCNC(=O)OC(C)(C)C. The Kier molecular flexibility index (Phi) is 7.59. The van der Waals surface area contributed by atoms with Gasteiger partial charge in [0.25, 0.3) is 0 Å². The quantitative estimate of drug-likeness (QED) is 0.840. The summed E-state index contributed by atoms with van der Waals surface area (Å²) in [6.45, 7) is 8.56. The van der Waals surface area contributed by atoms with E-state index in [9.17, 15) is 9.59 Å². The van der Waals surface area contributed by atoms with E-state index in [1.807, 2.05) is 39.0 Å². The fourth-order valence-electron chi connectivity index (χ4n) is 2.15. The van der Waals surface area contributed by atoms with Crippen molar-refractivity contribution in [2.75, 3.05) is 19.6 Å². The summed E-state index contributed by atoms with van der Waals surface area (Å²) >= 11 is 0. The second kappa shape index (κ2) is 9.18. The van der Waals surface area contributed by atoms with Gasteiger partial charge in [-0.3, -0.25) is 4.79 Å². The Hall–Kier alpha value is -2.04. The Morgan fingerprint density at radius 1 is 1.13 bits per heavy atom. The number of aryl methyl sites for hydroxylation is 1. The first-order chi connectivity index (χ1) is 10.8. The van der Waals surface area contributed by atoms with Gasteiger partial charge in [-0.1, -0.05) is 30.3 Å². The third-order valence-corrected chi connectivity index (χ3v) is 3.23. The molecule has 0 fully saturated rings. The van der Waals surface area contributed by atoms with Gasteiger partial charge in [0.05, 0.1) is 0 Å². The number of ether oxygens (including phenoxy) is 1. The number of nitrogens with zero attached hydrogens (tertiary/aromatic N) is 1. The monoisotopic (exact) mass is 320 g/mol. The van der Waals surface area contributed by atoms with Crippen LogP contribution in [0.4, 0.5) is 4.79 Å². The largest absolute Gasteiger partial charge is 0.444 e. The first kappa shape index (κ1) is 19.0. The number of hydrogen-bond donors (Lipinski definition) is 1. The predicted octanol–water partition coefficient (Wildman–Crippen LogP) is 2.99. The van der Waals surface area contributed by atoms with Gasteiger partial charge in [0.1, 0.15) is 5.60 Å². The normalized spacial score (nSPS) is 11.0. The van der Waals surface area contributed by atoms with Crippen LogP contribution in [0.5, 0.6) is 0 Å². The zero-order valence-corrected chi connectivity index (χ0v) is 14.6. The van der Waals surface area contributed by atoms with Crippen molar-refractivity contribution < 1.29 is 14.3 Å². The van der Waals surface area contributed by atoms with Gasteiger partial charge in [-0.25, -0.2) is 4.79 Å². The van der Waals surface area contributed by atoms with E-state index in [-0.39, 0.29) is 5.91 Å². The van der Waals surface area contributed by atoms with Crippen LogP contribution < -0.4 is 5.32 Å². The summed E-state index contributed by atoms with van der Waals surface area (Å²) in [7, 11) is 0. The number of carbonyl (C=O) groups is 2. The van der Waals surface area contributed by atoms with E-state index >= 15 is 0 Å². The molecule has 128 valence electrons. The molecule has 0 spiro atoms. The summed E-state index contributed by atoms with van der Waals surface area (Å²) in [4.78, 5) is 25.0. The fraction of sp³-hybridized carbons (Fsp3) is 0.556. The van der Waals surface area contributed by atoms with Crippen molar-refractivity contribution in [2.24, 2.45) is 0 Å². The van der Waals surface area contributed by atoms with Crippen LogP contribution in [0.1, 0.15) is 39.7 Å². The molecule has 0 aliphatic rings. The molecule has 0 aliphatic heterocycles. The van der Waals surface area contributed by atoms with Crippen LogP contribution in [0, 0.1) is 0 Å². The summed E-state index contributed by atoms with van der Waals surface area (Å²) in [6, 6.07) is 10.2. The minimum atomic E-state index is -0.514. The number of alkyl carbamates (subject to hydrolysis) is 1. The lowest BCUT2D eigenvalue weighted by Crippen LogP contribution is -2.40. The molecule has 0 heterocycles. The molecule has 0 radical (unpaired) electrons. The van der Waals surface area contributed by atoms with Gasteiger partial charge < -0.3 is 15.0 Å². The van der Waals surface area contributed by atoms with Crippen molar-refractivity contribution in [3.05, 3.63) is 35.9 Å². The van der Waals surface area contributed by atoms with Crippen molar-refractivity contribution in [3.8, 4) is 0 Å². The number of rotatable bonds is 7. The molecular formula is C18H28N2O3. The maximum atomic E-state index is 11.7. The number of amides is 2. The van der Waals surface area contributed by atoms with Crippen LogP contribution >= 0.6 is 0 Å². The highest BCUT2D eigenvalue weighted by atomic mass is 16.6. The molecule has 1 N–H and O–H groups in total. The molecule has 0 aliphatic carbocycles. The van der Waals surface area contributed by atoms with Crippen LogP contribution in [0.15, 0.2) is 30.3 Å². The standard InChI is InChI=1S/C18H28N2O3/c1-15(21)20(13-8-11-16-9-6-5-7-10-16)14-12-19-17(22)23-18(2,3)4/h5-7,9-10H,8,11-14H2,1-4H3,(H,19,22). The van der Waals surface area contributed by atoms with Crippen LogP contribution in [-0.4, -0.2) is 42.1 Å². The van der Waals surface area contributed by atoms with Gasteiger partial charge in [0.15, 0.2) is 0 Å². The van der Waals surface area contributed by atoms with Gasteiger partial charge in [0.2, 0.25) is 5.91 Å². The van der Waals surface area contributed by atoms with Crippen molar-refractivity contribution in [2.45, 2.75) is 46.1 Å². The van der Waals surface area contributed by atoms with Gasteiger partial charge in [-0.05, 0) is 39.2 Å². The van der Waals surface area contributed by atoms with Crippen molar-refractivity contribution >= 4 is 12.0 Å². The minimum Gasteiger partial charge on any atom is -0.444 e. The molecule has 0 aromatic heterocycles. The van der Waals surface area contributed by atoms with Crippen molar-refractivity contribution in [1.29, 1.82) is 0 Å². The maximum absolute atomic E-state index is 11.7. The predicted molar refractivity (Wildman–Crippen MR) is 91.3 cm³/mol. The maximum Gasteiger partial charge on any atom is 0.407 e. The molecule has 5 nitrogen and oxygen atoms in total. The Labute approximate surface area is 139 Å². The van der Waals surface area contributed by atoms with Gasteiger partial charge in [-0.15, -0.1) is 0 Å². The van der Waals surface area contributed by atoms with Gasteiger partial charge in [0, 0.05) is 26.6 Å². The number of benzene rings is 1. The summed E-state index contributed by atoms with van der Waals surface area (Å²) in [5.74, 6) is 0.0176. The number of hydrogen-bond acceptors (Lipinski definition) is 3. The van der Waals surface area contributed by atoms with E-state index in [1.54, 1.807) is 11.8 Å². The van der Waals surface area contributed by atoms with E-state index in [0.717, 1.165) is 12.8 Å². The summed E-state index contributed by atoms with van der Waals surface area (Å²) < 4.78 is 5.17. The van der Waals surface area contributed by atoms with E-state index in [1.165, 1.54) is 5.56 Å². The Balaban J connectivity index is 2.29. The molecule has 5 heteroatoms. The third-order valence-electron chi connectivity index (χ3n) is 3.23. The first-order valence-corrected chi connectivity index (χ1v) is 8.04. The molecule has 0 unspecified atom stereocenters. The molecule has 0 saturated carbocycles. The minimum absolute atomic E-state index is 0.0176. The lowest BCUT2D eigenvalue weighted by Gasteiger charge is -2.23. The second-order valence-electron chi connectivity index (χ2n) is 6.52. The van der Waals surface area contributed by atoms with Crippen LogP contribution in [0.2, 0.25) is 0 Å². The average Bonchev–Trinajstić information content (AvgIpc) is 2.44. The zero-order valence-electron chi connectivity index (χ0n) is 14.6.